The molecule has 1 saturated heterocycles. The van der Waals surface area contributed by atoms with Gasteiger partial charge in [0.05, 0.1) is 13.2 Å². The first kappa shape index (κ1) is 7.30. The van der Waals surface area contributed by atoms with E-state index in [1.54, 1.807) is 0 Å². The molecule has 0 aromatic carbocycles. The maximum absolute atomic E-state index is 5.10. The van der Waals surface area contributed by atoms with Crippen LogP contribution in [0.2, 0.25) is 0 Å². The first-order valence-corrected chi connectivity index (χ1v) is 3.04. The summed E-state index contributed by atoms with van der Waals surface area (Å²) in [4.78, 5) is 3.77. The van der Waals surface area contributed by atoms with Gasteiger partial charge in [-0.3, -0.25) is 4.99 Å². The first-order valence-electron chi connectivity index (χ1n) is 3.04. The summed E-state index contributed by atoms with van der Waals surface area (Å²) < 4.78 is 9.98. The fourth-order valence-corrected chi connectivity index (χ4v) is 0.685. The van der Waals surface area contributed by atoms with Crippen LogP contribution in [0.4, 0.5) is 0 Å². The molecule has 0 spiro atoms. The highest BCUT2D eigenvalue weighted by molar-refractivity contribution is 5.75. The van der Waals surface area contributed by atoms with Crippen LogP contribution in [0.15, 0.2) is 4.99 Å². The molecule has 0 radical (unpaired) electrons. The van der Waals surface area contributed by atoms with Crippen molar-refractivity contribution in [3.63, 3.8) is 0 Å². The van der Waals surface area contributed by atoms with Crippen molar-refractivity contribution >= 4 is 5.96 Å². The molecule has 1 unspecified atom stereocenters. The first-order chi connectivity index (χ1) is 4.79. The summed E-state index contributed by atoms with van der Waals surface area (Å²) in [6.45, 7) is 1.42. The minimum atomic E-state index is 0.0297. The number of ether oxygens (including phenoxy) is 2. The van der Waals surface area contributed by atoms with Gasteiger partial charge in [-0.1, -0.05) is 0 Å². The lowest BCUT2D eigenvalue weighted by Crippen LogP contribution is -2.25. The third kappa shape index (κ3) is 2.20. The average molecular weight is 145 g/mol. The van der Waals surface area contributed by atoms with Gasteiger partial charge in [-0.2, -0.15) is 0 Å². The molecule has 0 aromatic heterocycles. The van der Waals surface area contributed by atoms with Crippen LogP contribution in [0.25, 0.3) is 0 Å². The molecule has 1 fully saturated rings. The number of nitrogens with zero attached hydrogens (tertiary/aromatic N) is 1. The Morgan fingerprint density at radius 1 is 1.60 bits per heavy atom. The van der Waals surface area contributed by atoms with Crippen molar-refractivity contribution in [1.82, 2.24) is 0 Å². The Morgan fingerprint density at radius 2 is 2.40 bits per heavy atom. The molecule has 4 N–H and O–H groups in total. The highest BCUT2D eigenvalue weighted by Gasteiger charge is 2.14. The molecule has 1 rings (SSSR count). The summed E-state index contributed by atoms with van der Waals surface area (Å²) >= 11 is 0. The lowest BCUT2D eigenvalue weighted by atomic mass is 10.4. The van der Waals surface area contributed by atoms with Crippen LogP contribution in [0.1, 0.15) is 0 Å². The predicted molar refractivity (Wildman–Crippen MR) is 36.4 cm³/mol. The molecular weight excluding hydrogens is 134 g/mol. The van der Waals surface area contributed by atoms with Crippen LogP contribution in [0.3, 0.4) is 0 Å². The van der Waals surface area contributed by atoms with Crippen molar-refractivity contribution in [3.8, 4) is 0 Å². The molecule has 5 heteroatoms. The molecular formula is C5H11N3O2. The van der Waals surface area contributed by atoms with Gasteiger partial charge in [-0.25, -0.2) is 0 Å². The summed E-state index contributed by atoms with van der Waals surface area (Å²) in [7, 11) is 0. The topological polar surface area (TPSA) is 82.9 Å². The summed E-state index contributed by atoms with van der Waals surface area (Å²) in [6.07, 6.45) is 0.0297. The van der Waals surface area contributed by atoms with E-state index in [9.17, 15) is 0 Å². The number of rotatable bonds is 2. The second kappa shape index (κ2) is 3.38. The zero-order valence-corrected chi connectivity index (χ0v) is 5.62. The van der Waals surface area contributed by atoms with E-state index in [2.05, 4.69) is 4.99 Å². The van der Waals surface area contributed by atoms with Crippen LogP contribution in [0, 0.1) is 0 Å². The van der Waals surface area contributed by atoms with Crippen LogP contribution in [-0.4, -0.2) is 32.0 Å². The second-order valence-electron chi connectivity index (χ2n) is 2.04. The van der Waals surface area contributed by atoms with E-state index in [4.69, 9.17) is 20.9 Å². The monoisotopic (exact) mass is 145 g/mol. The van der Waals surface area contributed by atoms with E-state index in [1.165, 1.54) is 0 Å². The van der Waals surface area contributed by atoms with E-state index in [0.717, 1.165) is 0 Å². The number of nitrogens with two attached hydrogens (primary N) is 2. The minimum Gasteiger partial charge on any atom is -0.370 e. The van der Waals surface area contributed by atoms with Crippen molar-refractivity contribution in [3.05, 3.63) is 0 Å². The van der Waals surface area contributed by atoms with Gasteiger partial charge < -0.3 is 20.9 Å². The molecule has 0 amide bonds. The third-order valence-corrected chi connectivity index (χ3v) is 1.17. The molecule has 0 bridgehead atoms. The van der Waals surface area contributed by atoms with Crippen LogP contribution < -0.4 is 11.5 Å². The largest absolute Gasteiger partial charge is 0.370 e. The van der Waals surface area contributed by atoms with Gasteiger partial charge in [-0.15, -0.1) is 0 Å². The Balaban J connectivity index is 2.18. The predicted octanol–water partition coefficient (Wildman–Crippen LogP) is -1.37. The normalized spacial score (nSPS) is 24.6. The lowest BCUT2D eigenvalue weighted by Gasteiger charge is -2.01. The Bertz CT molecular complexity index is 127. The van der Waals surface area contributed by atoms with E-state index in [0.29, 0.717) is 19.9 Å². The van der Waals surface area contributed by atoms with Crippen molar-refractivity contribution < 1.29 is 9.47 Å². The van der Waals surface area contributed by atoms with Gasteiger partial charge in [0.2, 0.25) is 0 Å². The molecule has 58 valence electrons. The highest BCUT2D eigenvalue weighted by atomic mass is 16.7. The summed E-state index contributed by atoms with van der Waals surface area (Å²) in [5.74, 6) is 0.0931. The molecule has 0 aliphatic carbocycles. The smallest absolute Gasteiger partial charge is 0.186 e. The summed E-state index contributed by atoms with van der Waals surface area (Å²) in [5.41, 5.74) is 10.2. The van der Waals surface area contributed by atoms with E-state index < -0.39 is 0 Å². The number of hydrogen-bond donors (Lipinski definition) is 2. The van der Waals surface area contributed by atoms with Gasteiger partial charge in [0.15, 0.2) is 5.96 Å². The van der Waals surface area contributed by atoms with Gasteiger partial charge in [-0.05, 0) is 0 Å². The van der Waals surface area contributed by atoms with Crippen molar-refractivity contribution in [1.29, 1.82) is 0 Å². The molecule has 0 saturated carbocycles. The number of hydrogen-bond acceptors (Lipinski definition) is 3. The average Bonchev–Trinajstić information content (AvgIpc) is 2.34. The fourth-order valence-electron chi connectivity index (χ4n) is 0.685. The number of guanidine groups is 1. The Labute approximate surface area is 59.0 Å². The lowest BCUT2D eigenvalue weighted by molar-refractivity contribution is 0.0492. The van der Waals surface area contributed by atoms with Gasteiger partial charge in [0.25, 0.3) is 0 Å². The molecule has 5 nitrogen and oxygen atoms in total. The molecule has 1 heterocycles. The molecule has 1 aliphatic heterocycles. The van der Waals surface area contributed by atoms with Gasteiger partial charge in [0.1, 0.15) is 12.9 Å². The SMILES string of the molecule is NC(N)=NCC1COCO1. The number of aliphatic imine (C=N–C) groups is 1. The zero-order valence-electron chi connectivity index (χ0n) is 5.62. The zero-order chi connectivity index (χ0) is 7.40. The maximum atomic E-state index is 5.10. The summed E-state index contributed by atoms with van der Waals surface area (Å²) in [6, 6.07) is 0. The Kier molecular flexibility index (Phi) is 2.47. The molecule has 1 aliphatic rings. The van der Waals surface area contributed by atoms with Crippen LogP contribution >= 0.6 is 0 Å². The maximum Gasteiger partial charge on any atom is 0.186 e. The van der Waals surface area contributed by atoms with Crippen LogP contribution in [0.5, 0.6) is 0 Å². The van der Waals surface area contributed by atoms with Crippen molar-refractivity contribution in [2.24, 2.45) is 16.5 Å². The van der Waals surface area contributed by atoms with Gasteiger partial charge >= 0.3 is 0 Å². The fraction of sp³-hybridized carbons (Fsp3) is 0.800. The molecule has 1 atom stereocenters. The standard InChI is InChI=1S/C5H11N3O2/c6-5(7)8-1-4-2-9-3-10-4/h4H,1-3H2,(H4,6,7,8). The second-order valence-corrected chi connectivity index (χ2v) is 2.04. The van der Waals surface area contributed by atoms with E-state index in [1.807, 2.05) is 0 Å². The van der Waals surface area contributed by atoms with Crippen molar-refractivity contribution in [2.75, 3.05) is 19.9 Å². The third-order valence-electron chi connectivity index (χ3n) is 1.17. The Hall–Kier alpha value is -0.810. The minimum absolute atomic E-state index is 0.0297. The van der Waals surface area contributed by atoms with Crippen molar-refractivity contribution in [2.45, 2.75) is 6.10 Å². The molecule has 0 aromatic rings. The van der Waals surface area contributed by atoms with Crippen LogP contribution in [-0.2, 0) is 9.47 Å². The van der Waals surface area contributed by atoms with E-state index in [-0.39, 0.29) is 12.1 Å². The van der Waals surface area contributed by atoms with E-state index >= 15 is 0 Å². The van der Waals surface area contributed by atoms with Gasteiger partial charge in [0, 0.05) is 0 Å². The summed E-state index contributed by atoms with van der Waals surface area (Å²) in [5, 5.41) is 0. The quantitative estimate of drug-likeness (QED) is 0.371. The Morgan fingerprint density at radius 3 is 2.90 bits per heavy atom. The molecule has 10 heavy (non-hydrogen) atoms. The highest BCUT2D eigenvalue weighted by Crippen LogP contribution is 2.01.